The molecule has 1 aromatic rings. The maximum atomic E-state index is 12.6. The van der Waals surface area contributed by atoms with Crippen molar-refractivity contribution in [1.29, 1.82) is 0 Å². The van der Waals surface area contributed by atoms with Crippen LogP contribution in [0.4, 0.5) is 0 Å². The van der Waals surface area contributed by atoms with Gasteiger partial charge in [-0.15, -0.1) is 5.10 Å². The molecule has 5 nitrogen and oxygen atoms in total. The molecule has 2 saturated carbocycles. The number of thioether (sulfide) groups is 1. The van der Waals surface area contributed by atoms with E-state index in [4.69, 9.17) is 0 Å². The highest BCUT2D eigenvalue weighted by Crippen LogP contribution is 2.38. The minimum Gasteiger partial charge on any atom is -0.313 e. The molecule has 3 aliphatic carbocycles. The first-order valence-corrected chi connectivity index (χ1v) is 9.36. The second-order valence-electron chi connectivity index (χ2n) is 6.50. The van der Waals surface area contributed by atoms with Crippen LogP contribution < -0.4 is 0 Å². The Morgan fingerprint density at radius 3 is 2.86 bits per heavy atom. The summed E-state index contributed by atoms with van der Waals surface area (Å²) < 4.78 is 0. The van der Waals surface area contributed by atoms with Gasteiger partial charge in [0.1, 0.15) is 5.82 Å². The Morgan fingerprint density at radius 2 is 2.18 bits per heavy atom. The zero-order chi connectivity index (χ0) is 14.9. The van der Waals surface area contributed by atoms with Crippen molar-refractivity contribution in [1.82, 2.24) is 20.1 Å². The number of hydrogen-bond donors (Lipinski definition) is 1. The van der Waals surface area contributed by atoms with Gasteiger partial charge in [-0.05, 0) is 51.4 Å². The van der Waals surface area contributed by atoms with Gasteiger partial charge in [0.15, 0.2) is 0 Å². The van der Waals surface area contributed by atoms with Crippen LogP contribution in [0.2, 0.25) is 0 Å². The molecule has 0 spiro atoms. The van der Waals surface area contributed by atoms with Crippen LogP contribution in [0.15, 0.2) is 16.9 Å². The highest BCUT2D eigenvalue weighted by Gasteiger charge is 2.35. The number of aromatic nitrogens is 3. The third kappa shape index (κ3) is 3.21. The van der Waals surface area contributed by atoms with Crippen molar-refractivity contribution in [2.75, 3.05) is 5.75 Å². The fourth-order valence-corrected chi connectivity index (χ4v) is 3.69. The van der Waals surface area contributed by atoms with Gasteiger partial charge in [0.2, 0.25) is 11.1 Å². The van der Waals surface area contributed by atoms with Gasteiger partial charge in [-0.3, -0.25) is 9.89 Å². The van der Waals surface area contributed by atoms with E-state index in [0.717, 1.165) is 31.5 Å². The SMILES string of the molecule is O=C(CSc1n[nH]c(C2CC2)n1)N(C1=CCCCC1)C1CC1. The molecule has 118 valence electrons. The van der Waals surface area contributed by atoms with E-state index in [9.17, 15) is 4.79 Å². The molecule has 0 radical (unpaired) electrons. The summed E-state index contributed by atoms with van der Waals surface area (Å²) in [4.78, 5) is 19.2. The van der Waals surface area contributed by atoms with Crippen molar-refractivity contribution in [3.63, 3.8) is 0 Å². The Labute approximate surface area is 134 Å². The van der Waals surface area contributed by atoms with Crippen molar-refractivity contribution in [3.8, 4) is 0 Å². The largest absolute Gasteiger partial charge is 0.313 e. The summed E-state index contributed by atoms with van der Waals surface area (Å²) in [5.74, 6) is 2.23. The Morgan fingerprint density at radius 1 is 1.32 bits per heavy atom. The van der Waals surface area contributed by atoms with Crippen molar-refractivity contribution in [2.24, 2.45) is 0 Å². The number of carbonyl (C=O) groups is 1. The Kier molecular flexibility index (Phi) is 3.94. The summed E-state index contributed by atoms with van der Waals surface area (Å²) in [6, 6.07) is 0.451. The van der Waals surface area contributed by atoms with E-state index in [1.807, 2.05) is 0 Å². The molecule has 1 amide bonds. The lowest BCUT2D eigenvalue weighted by Crippen LogP contribution is -2.34. The van der Waals surface area contributed by atoms with Crippen LogP contribution in [0, 0.1) is 0 Å². The first kappa shape index (κ1) is 14.3. The van der Waals surface area contributed by atoms with Crippen LogP contribution in [0.3, 0.4) is 0 Å². The predicted molar refractivity (Wildman–Crippen MR) is 85.5 cm³/mol. The normalized spacial score (nSPS) is 21.5. The van der Waals surface area contributed by atoms with Gasteiger partial charge in [0.05, 0.1) is 5.75 Å². The van der Waals surface area contributed by atoms with Crippen LogP contribution in [-0.2, 0) is 4.79 Å². The lowest BCUT2D eigenvalue weighted by Gasteiger charge is -2.27. The van der Waals surface area contributed by atoms with Gasteiger partial charge < -0.3 is 4.90 Å². The minimum atomic E-state index is 0.221. The molecule has 1 heterocycles. The van der Waals surface area contributed by atoms with E-state index < -0.39 is 0 Å². The number of nitrogens with one attached hydrogen (secondary N) is 1. The van der Waals surface area contributed by atoms with Crippen molar-refractivity contribution >= 4 is 17.7 Å². The summed E-state index contributed by atoms with van der Waals surface area (Å²) in [6.07, 6.45) is 11.6. The zero-order valence-corrected chi connectivity index (χ0v) is 13.6. The Hall–Kier alpha value is -1.30. The molecule has 2 fully saturated rings. The van der Waals surface area contributed by atoms with E-state index in [0.29, 0.717) is 22.9 Å². The topological polar surface area (TPSA) is 61.9 Å². The fraction of sp³-hybridized carbons (Fsp3) is 0.688. The van der Waals surface area contributed by atoms with Gasteiger partial charge in [-0.1, -0.05) is 17.8 Å². The van der Waals surface area contributed by atoms with Gasteiger partial charge in [0, 0.05) is 17.7 Å². The molecular weight excluding hydrogens is 296 g/mol. The summed E-state index contributed by atoms with van der Waals surface area (Å²) in [7, 11) is 0. The van der Waals surface area contributed by atoms with E-state index >= 15 is 0 Å². The van der Waals surface area contributed by atoms with Gasteiger partial charge in [-0.2, -0.15) is 0 Å². The summed E-state index contributed by atoms with van der Waals surface area (Å²) in [5.41, 5.74) is 1.26. The van der Waals surface area contributed by atoms with Gasteiger partial charge in [0.25, 0.3) is 0 Å². The molecule has 22 heavy (non-hydrogen) atoms. The van der Waals surface area contributed by atoms with E-state index in [-0.39, 0.29) is 5.91 Å². The number of allylic oxidation sites excluding steroid dienone is 2. The van der Waals surface area contributed by atoms with Crippen LogP contribution in [0.25, 0.3) is 0 Å². The third-order valence-electron chi connectivity index (χ3n) is 4.53. The standard InChI is InChI=1S/C16H22N4OS/c21-14(10-22-16-17-15(18-19-16)11-6-7-11)20(13-8-9-13)12-4-2-1-3-5-12/h4,11,13H,1-3,5-10H2,(H,17,18,19). The molecule has 0 unspecified atom stereocenters. The van der Waals surface area contributed by atoms with Gasteiger partial charge in [-0.25, -0.2) is 4.98 Å². The molecule has 3 aliphatic rings. The smallest absolute Gasteiger partial charge is 0.237 e. The van der Waals surface area contributed by atoms with E-state index in [1.54, 1.807) is 0 Å². The summed E-state index contributed by atoms with van der Waals surface area (Å²) in [5, 5.41) is 7.94. The fourth-order valence-electron chi connectivity index (χ4n) is 3.03. The van der Waals surface area contributed by atoms with E-state index in [2.05, 4.69) is 26.2 Å². The predicted octanol–water partition coefficient (Wildman–Crippen LogP) is 3.22. The molecule has 0 bridgehead atoms. The molecule has 1 aromatic heterocycles. The number of aromatic amines is 1. The number of carbonyl (C=O) groups excluding carboxylic acids is 1. The summed E-state index contributed by atoms with van der Waals surface area (Å²) in [6.45, 7) is 0. The molecule has 4 rings (SSSR count). The molecule has 0 atom stereocenters. The number of H-pyrrole nitrogens is 1. The number of nitrogens with zero attached hydrogens (tertiary/aromatic N) is 3. The zero-order valence-electron chi connectivity index (χ0n) is 12.8. The van der Waals surface area contributed by atoms with Crippen LogP contribution in [0.5, 0.6) is 0 Å². The number of rotatable bonds is 6. The molecule has 0 aromatic carbocycles. The molecule has 6 heteroatoms. The first-order valence-electron chi connectivity index (χ1n) is 8.37. The van der Waals surface area contributed by atoms with Crippen LogP contribution in [-0.4, -0.2) is 37.8 Å². The lowest BCUT2D eigenvalue weighted by atomic mass is 10.0. The maximum Gasteiger partial charge on any atom is 0.237 e. The average molecular weight is 318 g/mol. The van der Waals surface area contributed by atoms with Crippen molar-refractivity contribution < 1.29 is 4.79 Å². The average Bonchev–Trinajstić information content (AvgIpc) is 3.47. The number of hydrogen-bond acceptors (Lipinski definition) is 4. The molecular formula is C16H22N4OS. The highest BCUT2D eigenvalue weighted by atomic mass is 32.2. The second-order valence-corrected chi connectivity index (χ2v) is 7.44. The highest BCUT2D eigenvalue weighted by molar-refractivity contribution is 7.99. The van der Waals surface area contributed by atoms with E-state index in [1.165, 1.54) is 43.1 Å². The number of amides is 1. The van der Waals surface area contributed by atoms with Gasteiger partial charge >= 0.3 is 0 Å². The lowest BCUT2D eigenvalue weighted by molar-refractivity contribution is -0.127. The first-order chi connectivity index (χ1) is 10.8. The minimum absolute atomic E-state index is 0.221. The maximum absolute atomic E-state index is 12.6. The Balaban J connectivity index is 1.37. The monoisotopic (exact) mass is 318 g/mol. The van der Waals surface area contributed by atoms with Crippen molar-refractivity contribution in [3.05, 3.63) is 17.6 Å². The molecule has 0 aliphatic heterocycles. The van der Waals surface area contributed by atoms with Crippen LogP contribution >= 0.6 is 11.8 Å². The van der Waals surface area contributed by atoms with Crippen molar-refractivity contribution in [2.45, 2.75) is 68.5 Å². The quantitative estimate of drug-likeness (QED) is 0.818. The molecule has 1 N–H and O–H groups in total. The Bertz CT molecular complexity index is 589. The summed E-state index contributed by atoms with van der Waals surface area (Å²) >= 11 is 1.46. The molecule has 0 saturated heterocycles. The second kappa shape index (κ2) is 6.07. The van der Waals surface area contributed by atoms with Crippen LogP contribution in [0.1, 0.15) is 63.1 Å². The third-order valence-corrected chi connectivity index (χ3v) is 5.36.